The van der Waals surface area contributed by atoms with Gasteiger partial charge in [0.25, 0.3) is 0 Å². The molecule has 0 atom stereocenters. The summed E-state index contributed by atoms with van der Waals surface area (Å²) in [5, 5.41) is 7.57. The van der Waals surface area contributed by atoms with Gasteiger partial charge in [-0.25, -0.2) is 4.39 Å². The Morgan fingerprint density at radius 3 is 2.70 bits per heavy atom. The monoisotopic (exact) mass is 278 g/mol. The number of amidine groups is 1. The highest BCUT2D eigenvalue weighted by Gasteiger charge is 2.21. The van der Waals surface area contributed by atoms with E-state index in [9.17, 15) is 4.39 Å². The second-order valence-corrected chi connectivity index (χ2v) is 5.66. The van der Waals surface area contributed by atoms with Crippen molar-refractivity contribution in [2.45, 2.75) is 25.4 Å². The Balaban J connectivity index is 2.07. The highest BCUT2D eigenvalue weighted by molar-refractivity contribution is 5.96. The van der Waals surface area contributed by atoms with E-state index in [2.05, 4.69) is 23.9 Å². The van der Waals surface area contributed by atoms with Crippen molar-refractivity contribution in [1.82, 2.24) is 9.80 Å². The number of benzene rings is 1. The molecule has 1 saturated heterocycles. The molecule has 3 N–H and O–H groups in total. The second-order valence-electron chi connectivity index (χ2n) is 5.66. The molecule has 1 aliphatic heterocycles. The summed E-state index contributed by atoms with van der Waals surface area (Å²) in [6, 6.07) is 5.05. The second kappa shape index (κ2) is 6.33. The van der Waals surface area contributed by atoms with Crippen molar-refractivity contribution in [2.75, 3.05) is 27.2 Å². The van der Waals surface area contributed by atoms with Gasteiger partial charge in [0.05, 0.1) is 0 Å². The summed E-state index contributed by atoms with van der Waals surface area (Å²) >= 11 is 0. The van der Waals surface area contributed by atoms with Crippen LogP contribution in [0.5, 0.6) is 0 Å². The standard InChI is InChI=1S/C15H23FN4/c1-19-7-5-13(6-8-19)20(2)10-11-3-4-12(16)9-14(11)15(17)18/h3-4,9,13H,5-8,10H2,1-2H3,(H3,17,18). The molecule has 0 bridgehead atoms. The number of hydrogen-bond donors (Lipinski definition) is 2. The molecule has 0 saturated carbocycles. The molecule has 0 aromatic heterocycles. The van der Waals surface area contributed by atoms with Crippen LogP contribution in [0, 0.1) is 11.2 Å². The fraction of sp³-hybridized carbons (Fsp3) is 0.533. The van der Waals surface area contributed by atoms with Crippen LogP contribution in [-0.2, 0) is 6.54 Å². The Labute approximate surface area is 119 Å². The topological polar surface area (TPSA) is 56.4 Å². The number of nitrogens with one attached hydrogen (secondary N) is 1. The third-order valence-corrected chi connectivity index (χ3v) is 4.09. The number of nitrogen functional groups attached to an aromatic ring is 1. The van der Waals surface area contributed by atoms with E-state index in [1.54, 1.807) is 6.07 Å². The van der Waals surface area contributed by atoms with Gasteiger partial charge in [-0.05, 0) is 57.7 Å². The van der Waals surface area contributed by atoms with Crippen molar-refractivity contribution >= 4 is 5.84 Å². The van der Waals surface area contributed by atoms with Crippen molar-refractivity contribution in [2.24, 2.45) is 5.73 Å². The van der Waals surface area contributed by atoms with E-state index in [0.29, 0.717) is 18.2 Å². The largest absolute Gasteiger partial charge is 0.384 e. The Hall–Kier alpha value is -1.46. The predicted octanol–water partition coefficient (Wildman–Crippen LogP) is 1.64. The van der Waals surface area contributed by atoms with E-state index in [1.807, 2.05) is 0 Å². The first-order valence-electron chi connectivity index (χ1n) is 6.99. The van der Waals surface area contributed by atoms with Crippen LogP contribution in [0.25, 0.3) is 0 Å². The van der Waals surface area contributed by atoms with Crippen LogP contribution >= 0.6 is 0 Å². The maximum atomic E-state index is 13.3. The fourth-order valence-corrected chi connectivity index (χ4v) is 2.77. The van der Waals surface area contributed by atoms with E-state index in [0.717, 1.165) is 31.5 Å². The molecule has 1 heterocycles. The van der Waals surface area contributed by atoms with E-state index in [1.165, 1.54) is 12.1 Å². The van der Waals surface area contributed by atoms with Crippen molar-refractivity contribution in [1.29, 1.82) is 5.41 Å². The number of piperidine rings is 1. The van der Waals surface area contributed by atoms with Crippen molar-refractivity contribution in [3.05, 3.63) is 35.1 Å². The molecule has 0 unspecified atom stereocenters. The molecule has 0 aliphatic carbocycles. The van der Waals surface area contributed by atoms with E-state index in [4.69, 9.17) is 11.1 Å². The van der Waals surface area contributed by atoms with Crippen LogP contribution in [0.15, 0.2) is 18.2 Å². The molecule has 0 spiro atoms. The first kappa shape index (κ1) is 14.9. The zero-order valence-electron chi connectivity index (χ0n) is 12.2. The molecule has 110 valence electrons. The predicted molar refractivity (Wildman–Crippen MR) is 79.4 cm³/mol. The lowest BCUT2D eigenvalue weighted by atomic mass is 10.0. The van der Waals surface area contributed by atoms with Gasteiger partial charge >= 0.3 is 0 Å². The molecule has 5 heteroatoms. The summed E-state index contributed by atoms with van der Waals surface area (Å²) in [5.74, 6) is -0.419. The molecule has 1 aliphatic rings. The minimum absolute atomic E-state index is 0.0729. The third kappa shape index (κ3) is 3.55. The van der Waals surface area contributed by atoms with Gasteiger partial charge < -0.3 is 10.6 Å². The maximum Gasteiger partial charge on any atom is 0.123 e. The molecule has 1 aromatic carbocycles. The number of rotatable bonds is 4. The van der Waals surface area contributed by atoms with Gasteiger partial charge in [0.1, 0.15) is 11.7 Å². The first-order chi connectivity index (χ1) is 9.47. The van der Waals surface area contributed by atoms with Gasteiger partial charge in [0, 0.05) is 18.2 Å². The molecule has 4 nitrogen and oxygen atoms in total. The smallest absolute Gasteiger partial charge is 0.123 e. The van der Waals surface area contributed by atoms with Crippen LogP contribution in [-0.4, -0.2) is 48.9 Å². The number of halogens is 1. The summed E-state index contributed by atoms with van der Waals surface area (Å²) < 4.78 is 13.3. The van der Waals surface area contributed by atoms with Crippen LogP contribution in [0.2, 0.25) is 0 Å². The molecule has 20 heavy (non-hydrogen) atoms. The van der Waals surface area contributed by atoms with Gasteiger partial charge in [-0.15, -0.1) is 0 Å². The summed E-state index contributed by atoms with van der Waals surface area (Å²) in [6.45, 7) is 2.92. The SMILES string of the molecule is CN1CCC(N(C)Cc2ccc(F)cc2C(=N)N)CC1. The maximum absolute atomic E-state index is 13.3. The number of nitrogens with zero attached hydrogens (tertiary/aromatic N) is 2. The molecular formula is C15H23FN4. The van der Waals surface area contributed by atoms with Crippen LogP contribution in [0.4, 0.5) is 4.39 Å². The number of nitrogens with two attached hydrogens (primary N) is 1. The zero-order valence-corrected chi connectivity index (χ0v) is 12.2. The fourth-order valence-electron chi connectivity index (χ4n) is 2.77. The van der Waals surface area contributed by atoms with Gasteiger partial charge in [-0.3, -0.25) is 10.3 Å². The first-order valence-corrected chi connectivity index (χ1v) is 6.99. The molecule has 1 aromatic rings. The Morgan fingerprint density at radius 2 is 2.10 bits per heavy atom. The Bertz CT molecular complexity index is 481. The van der Waals surface area contributed by atoms with Gasteiger partial charge in [0.2, 0.25) is 0 Å². The average Bonchev–Trinajstić information content (AvgIpc) is 2.41. The van der Waals surface area contributed by atoms with E-state index in [-0.39, 0.29) is 11.7 Å². The number of hydrogen-bond acceptors (Lipinski definition) is 3. The minimum atomic E-state index is -0.346. The summed E-state index contributed by atoms with van der Waals surface area (Å²) in [4.78, 5) is 4.62. The molecular weight excluding hydrogens is 255 g/mol. The van der Waals surface area contributed by atoms with Gasteiger partial charge in [-0.1, -0.05) is 6.07 Å². The third-order valence-electron chi connectivity index (χ3n) is 4.09. The lowest BCUT2D eigenvalue weighted by Gasteiger charge is -2.35. The Morgan fingerprint density at radius 1 is 1.45 bits per heavy atom. The normalized spacial score (nSPS) is 17.6. The average molecular weight is 278 g/mol. The Kier molecular flexibility index (Phi) is 4.73. The quantitative estimate of drug-likeness (QED) is 0.650. The summed E-state index contributed by atoms with van der Waals surface area (Å²) in [6.07, 6.45) is 2.28. The molecule has 0 amide bonds. The number of likely N-dealkylation sites (tertiary alicyclic amines) is 1. The minimum Gasteiger partial charge on any atom is -0.384 e. The van der Waals surface area contributed by atoms with Crippen LogP contribution in [0.1, 0.15) is 24.0 Å². The van der Waals surface area contributed by atoms with Crippen molar-refractivity contribution in [3.63, 3.8) is 0 Å². The molecule has 2 rings (SSSR count). The highest BCUT2D eigenvalue weighted by Crippen LogP contribution is 2.19. The van der Waals surface area contributed by atoms with Gasteiger partial charge in [0.15, 0.2) is 0 Å². The van der Waals surface area contributed by atoms with E-state index >= 15 is 0 Å². The highest BCUT2D eigenvalue weighted by atomic mass is 19.1. The van der Waals surface area contributed by atoms with Crippen molar-refractivity contribution in [3.8, 4) is 0 Å². The summed E-state index contributed by atoms with van der Waals surface area (Å²) in [7, 11) is 4.23. The van der Waals surface area contributed by atoms with Crippen molar-refractivity contribution < 1.29 is 4.39 Å². The molecule has 1 fully saturated rings. The zero-order chi connectivity index (χ0) is 14.7. The lowest BCUT2D eigenvalue weighted by molar-refractivity contribution is 0.139. The lowest BCUT2D eigenvalue weighted by Crippen LogP contribution is -2.41. The van der Waals surface area contributed by atoms with E-state index < -0.39 is 0 Å². The molecule has 0 radical (unpaired) electrons. The van der Waals surface area contributed by atoms with Crippen LogP contribution < -0.4 is 5.73 Å². The van der Waals surface area contributed by atoms with Gasteiger partial charge in [-0.2, -0.15) is 0 Å². The van der Waals surface area contributed by atoms with Crippen LogP contribution in [0.3, 0.4) is 0 Å². The summed E-state index contributed by atoms with van der Waals surface area (Å²) in [5.41, 5.74) is 6.97.